The Bertz CT molecular complexity index is 298. The summed E-state index contributed by atoms with van der Waals surface area (Å²) < 4.78 is 0. The number of aryl methyl sites for hydroxylation is 1. The third-order valence-corrected chi connectivity index (χ3v) is 1.94. The van der Waals surface area contributed by atoms with Gasteiger partial charge >= 0.3 is 0 Å². The highest BCUT2D eigenvalue weighted by molar-refractivity contribution is 5.75. The number of carbonyl (C=O) groups excluding carboxylic acids is 1. The molecule has 0 aliphatic carbocycles. The van der Waals surface area contributed by atoms with Crippen molar-refractivity contribution in [3.63, 3.8) is 0 Å². The smallest absolute Gasteiger partial charge is 0.234 e. The van der Waals surface area contributed by atoms with Crippen LogP contribution < -0.4 is 5.43 Å². The molecule has 0 aliphatic heterocycles. The van der Waals surface area contributed by atoms with E-state index >= 15 is 0 Å². The lowest BCUT2D eigenvalue weighted by atomic mass is 10.1. The highest BCUT2D eigenvalue weighted by Crippen LogP contribution is 2.02. The summed E-state index contributed by atoms with van der Waals surface area (Å²) in [6, 6.07) is 3.94. The summed E-state index contributed by atoms with van der Waals surface area (Å²) in [4.78, 5) is 15.3. The second kappa shape index (κ2) is 6.14. The molecule has 0 aromatic carbocycles. The molecule has 4 heteroatoms. The molecule has 0 aliphatic rings. The molecule has 1 aromatic heterocycles. The zero-order valence-electron chi connectivity index (χ0n) is 9.23. The summed E-state index contributed by atoms with van der Waals surface area (Å²) >= 11 is 0. The Labute approximate surface area is 90.3 Å². The first-order chi connectivity index (χ1) is 7.18. The van der Waals surface area contributed by atoms with Crippen LogP contribution in [0.5, 0.6) is 0 Å². The maximum atomic E-state index is 11.3. The predicted molar refractivity (Wildman–Crippen MR) is 59.0 cm³/mol. The van der Waals surface area contributed by atoms with E-state index in [1.807, 2.05) is 18.3 Å². The number of amides is 1. The summed E-state index contributed by atoms with van der Waals surface area (Å²) in [6.45, 7) is 0. The molecule has 0 bridgehead atoms. The summed E-state index contributed by atoms with van der Waals surface area (Å²) in [5.41, 5.74) is 3.88. The van der Waals surface area contributed by atoms with E-state index in [0.717, 1.165) is 12.8 Å². The van der Waals surface area contributed by atoms with Crippen molar-refractivity contribution in [3.8, 4) is 0 Å². The van der Waals surface area contributed by atoms with Gasteiger partial charge in [0.2, 0.25) is 5.91 Å². The fourth-order valence-corrected chi connectivity index (χ4v) is 1.30. The zero-order valence-corrected chi connectivity index (χ0v) is 9.23. The number of aromatic nitrogens is 1. The first-order valence-electron chi connectivity index (χ1n) is 5.04. The number of hydrogen-bond acceptors (Lipinski definition) is 3. The summed E-state index contributed by atoms with van der Waals surface area (Å²) in [5.74, 6) is 0.0592. The number of hydrazine groups is 1. The lowest BCUT2D eigenvalue weighted by Gasteiger charge is -2.11. The van der Waals surface area contributed by atoms with Crippen LogP contribution in [0.2, 0.25) is 0 Å². The van der Waals surface area contributed by atoms with Gasteiger partial charge in [-0.05, 0) is 24.5 Å². The van der Waals surface area contributed by atoms with E-state index in [0.29, 0.717) is 6.42 Å². The van der Waals surface area contributed by atoms with Crippen molar-refractivity contribution >= 4 is 5.91 Å². The van der Waals surface area contributed by atoms with Gasteiger partial charge in [0.25, 0.3) is 0 Å². The molecular weight excluding hydrogens is 190 g/mol. The average Bonchev–Trinajstić information content (AvgIpc) is 2.18. The normalized spacial score (nSPS) is 10.3. The Kier molecular flexibility index (Phi) is 4.77. The topological polar surface area (TPSA) is 45.2 Å². The van der Waals surface area contributed by atoms with Crippen LogP contribution in [0.1, 0.15) is 18.4 Å². The van der Waals surface area contributed by atoms with Crippen LogP contribution in [0, 0.1) is 0 Å². The van der Waals surface area contributed by atoms with Crippen molar-refractivity contribution in [3.05, 3.63) is 30.1 Å². The molecule has 82 valence electrons. The van der Waals surface area contributed by atoms with Crippen molar-refractivity contribution in [1.82, 2.24) is 15.4 Å². The average molecular weight is 207 g/mol. The fraction of sp³-hybridized carbons (Fsp3) is 0.455. The largest absolute Gasteiger partial charge is 0.289 e. The Morgan fingerprint density at radius 3 is 2.93 bits per heavy atom. The molecule has 0 saturated carbocycles. The molecule has 1 heterocycles. The van der Waals surface area contributed by atoms with Crippen LogP contribution in [0.25, 0.3) is 0 Å². The maximum absolute atomic E-state index is 11.3. The van der Waals surface area contributed by atoms with Gasteiger partial charge in [-0.2, -0.15) is 0 Å². The summed E-state index contributed by atoms with van der Waals surface area (Å²) in [5, 5.41) is 1.66. The minimum absolute atomic E-state index is 0.0592. The second-order valence-electron chi connectivity index (χ2n) is 3.64. The molecule has 1 rings (SSSR count). The standard InChI is InChI=1S/C11H17N3O/c1-14(2)13-11(15)7-3-5-10-6-4-8-12-9-10/h4,6,8-9H,3,5,7H2,1-2H3,(H,13,15). The Balaban J connectivity index is 2.19. The second-order valence-corrected chi connectivity index (χ2v) is 3.64. The van der Waals surface area contributed by atoms with Crippen molar-refractivity contribution in [1.29, 1.82) is 0 Å². The van der Waals surface area contributed by atoms with Gasteiger partial charge in [-0.3, -0.25) is 15.2 Å². The number of rotatable bonds is 5. The van der Waals surface area contributed by atoms with Crippen molar-refractivity contribution in [2.75, 3.05) is 14.1 Å². The molecule has 0 saturated heterocycles. The van der Waals surface area contributed by atoms with Crippen LogP contribution in [0.3, 0.4) is 0 Å². The quantitative estimate of drug-likeness (QED) is 0.732. The minimum atomic E-state index is 0.0592. The Hall–Kier alpha value is -1.42. The zero-order chi connectivity index (χ0) is 11.1. The molecular formula is C11H17N3O. The fourth-order valence-electron chi connectivity index (χ4n) is 1.30. The van der Waals surface area contributed by atoms with E-state index in [1.165, 1.54) is 5.56 Å². The minimum Gasteiger partial charge on any atom is -0.289 e. The van der Waals surface area contributed by atoms with Gasteiger partial charge in [-0.25, -0.2) is 5.01 Å². The van der Waals surface area contributed by atoms with E-state index in [2.05, 4.69) is 10.4 Å². The SMILES string of the molecule is CN(C)NC(=O)CCCc1cccnc1. The van der Waals surface area contributed by atoms with E-state index in [4.69, 9.17) is 0 Å². The van der Waals surface area contributed by atoms with E-state index in [1.54, 1.807) is 25.3 Å². The maximum Gasteiger partial charge on any atom is 0.234 e. The molecule has 1 aromatic rings. The van der Waals surface area contributed by atoms with Gasteiger partial charge in [0.05, 0.1) is 0 Å². The van der Waals surface area contributed by atoms with Gasteiger partial charge in [0.15, 0.2) is 0 Å². The predicted octanol–water partition coefficient (Wildman–Crippen LogP) is 0.997. The lowest BCUT2D eigenvalue weighted by molar-refractivity contribution is -0.124. The van der Waals surface area contributed by atoms with Gasteiger partial charge in [0.1, 0.15) is 0 Å². The third kappa shape index (κ3) is 5.12. The molecule has 1 N–H and O–H groups in total. The number of nitrogens with zero attached hydrogens (tertiary/aromatic N) is 2. The highest BCUT2D eigenvalue weighted by Gasteiger charge is 2.01. The molecule has 0 spiro atoms. The van der Waals surface area contributed by atoms with Crippen LogP contribution in [-0.4, -0.2) is 30.0 Å². The number of nitrogens with one attached hydrogen (secondary N) is 1. The molecule has 0 atom stereocenters. The molecule has 1 amide bonds. The highest BCUT2D eigenvalue weighted by atomic mass is 16.2. The number of hydrogen-bond donors (Lipinski definition) is 1. The summed E-state index contributed by atoms with van der Waals surface area (Å²) in [7, 11) is 3.61. The molecule has 0 unspecified atom stereocenters. The number of carbonyl (C=O) groups is 1. The van der Waals surface area contributed by atoms with E-state index < -0.39 is 0 Å². The van der Waals surface area contributed by atoms with Gasteiger partial charge in [0, 0.05) is 32.9 Å². The first-order valence-corrected chi connectivity index (χ1v) is 5.04. The van der Waals surface area contributed by atoms with Crippen LogP contribution in [-0.2, 0) is 11.2 Å². The van der Waals surface area contributed by atoms with E-state index in [-0.39, 0.29) is 5.91 Å². The van der Waals surface area contributed by atoms with Crippen molar-refractivity contribution < 1.29 is 4.79 Å². The molecule has 0 fully saturated rings. The van der Waals surface area contributed by atoms with Crippen LogP contribution in [0.15, 0.2) is 24.5 Å². The molecule has 4 nitrogen and oxygen atoms in total. The monoisotopic (exact) mass is 207 g/mol. The Morgan fingerprint density at radius 1 is 1.53 bits per heavy atom. The van der Waals surface area contributed by atoms with Crippen molar-refractivity contribution in [2.45, 2.75) is 19.3 Å². The third-order valence-electron chi connectivity index (χ3n) is 1.94. The van der Waals surface area contributed by atoms with Crippen LogP contribution in [0.4, 0.5) is 0 Å². The van der Waals surface area contributed by atoms with E-state index in [9.17, 15) is 4.79 Å². The lowest BCUT2D eigenvalue weighted by Crippen LogP contribution is -2.35. The Morgan fingerprint density at radius 2 is 2.33 bits per heavy atom. The molecule has 0 radical (unpaired) electrons. The number of pyridine rings is 1. The first kappa shape index (κ1) is 11.7. The van der Waals surface area contributed by atoms with Gasteiger partial charge in [-0.15, -0.1) is 0 Å². The van der Waals surface area contributed by atoms with Gasteiger partial charge < -0.3 is 0 Å². The molecule has 15 heavy (non-hydrogen) atoms. The van der Waals surface area contributed by atoms with Crippen molar-refractivity contribution in [2.24, 2.45) is 0 Å². The van der Waals surface area contributed by atoms with Gasteiger partial charge in [-0.1, -0.05) is 6.07 Å². The summed E-state index contributed by atoms with van der Waals surface area (Å²) in [6.07, 6.45) is 5.89. The van der Waals surface area contributed by atoms with Crippen LogP contribution >= 0.6 is 0 Å².